The Kier molecular flexibility index (Phi) is 7.36. The molecule has 0 aliphatic heterocycles. The minimum Gasteiger partial charge on any atom is -0.383 e. The molecule has 0 bridgehead atoms. The second-order valence-electron chi connectivity index (χ2n) is 9.30. The van der Waals surface area contributed by atoms with Crippen molar-refractivity contribution in [3.63, 3.8) is 0 Å². The molecule has 1 atom stereocenters. The number of hydrogen-bond acceptors (Lipinski definition) is 8. The highest BCUT2D eigenvalue weighted by Gasteiger charge is 2.42. The number of aromatic nitrogens is 3. The largest absolute Gasteiger partial charge is 0.383 e. The van der Waals surface area contributed by atoms with Crippen LogP contribution < -0.4 is 16.0 Å². The molecule has 0 unspecified atom stereocenters. The molecule has 0 radical (unpaired) electrons. The fourth-order valence-corrected chi connectivity index (χ4v) is 4.37. The van der Waals surface area contributed by atoms with Gasteiger partial charge in [-0.05, 0) is 51.5 Å². The van der Waals surface area contributed by atoms with Crippen LogP contribution in [0.15, 0.2) is 24.7 Å². The maximum atomic E-state index is 14.6. The molecule has 2 aliphatic rings. The van der Waals surface area contributed by atoms with Gasteiger partial charge in [-0.2, -0.15) is 5.26 Å². The van der Waals surface area contributed by atoms with E-state index >= 15 is 0 Å². The molecule has 2 aromatic rings. The molecule has 9 heteroatoms. The van der Waals surface area contributed by atoms with Crippen LogP contribution >= 0.6 is 0 Å². The van der Waals surface area contributed by atoms with Crippen LogP contribution in [0.5, 0.6) is 0 Å². The van der Waals surface area contributed by atoms with Gasteiger partial charge >= 0.3 is 0 Å². The summed E-state index contributed by atoms with van der Waals surface area (Å²) in [5, 5.41) is 19.5. The molecule has 3 N–H and O–H groups in total. The number of hydrogen-bond donors (Lipinski definition) is 3. The predicted octanol–water partition coefficient (Wildman–Crippen LogP) is 3.74. The number of nitriles is 1. The summed E-state index contributed by atoms with van der Waals surface area (Å²) >= 11 is 0. The topological polar surface area (TPSA) is 108 Å². The zero-order chi connectivity index (χ0) is 23.3. The summed E-state index contributed by atoms with van der Waals surface area (Å²) in [7, 11) is 1.72. The maximum absolute atomic E-state index is 14.6. The third kappa shape index (κ3) is 6.15. The van der Waals surface area contributed by atoms with Crippen LogP contribution in [0.1, 0.15) is 45.4 Å². The number of methoxy groups -OCH3 is 1. The Morgan fingerprint density at radius 2 is 1.91 bits per heavy atom. The van der Waals surface area contributed by atoms with E-state index < -0.39 is 5.82 Å². The molecule has 2 heterocycles. The van der Waals surface area contributed by atoms with Gasteiger partial charge < -0.3 is 20.7 Å². The maximum Gasteiger partial charge on any atom is 0.151 e. The van der Waals surface area contributed by atoms with Gasteiger partial charge in [-0.25, -0.2) is 19.3 Å². The van der Waals surface area contributed by atoms with E-state index in [9.17, 15) is 9.65 Å². The third-order valence-corrected chi connectivity index (χ3v) is 6.51. The van der Waals surface area contributed by atoms with Crippen LogP contribution in [0.4, 0.5) is 16.0 Å². The highest BCUT2D eigenvalue weighted by atomic mass is 19.1. The van der Waals surface area contributed by atoms with Gasteiger partial charge in [0.2, 0.25) is 0 Å². The minimum atomic E-state index is -0.430. The average Bonchev–Trinajstić information content (AvgIpc) is 3.61. The van der Waals surface area contributed by atoms with Crippen LogP contribution in [-0.2, 0) is 4.74 Å². The van der Waals surface area contributed by atoms with Crippen LogP contribution in [-0.4, -0.2) is 53.3 Å². The number of halogens is 1. The molecule has 0 aromatic carbocycles. The molecule has 0 saturated heterocycles. The summed E-state index contributed by atoms with van der Waals surface area (Å²) < 4.78 is 19.8. The zero-order valence-corrected chi connectivity index (χ0v) is 19.3. The molecular weight excluding hydrogens is 421 g/mol. The summed E-state index contributed by atoms with van der Waals surface area (Å²) in [6.07, 6.45) is 8.63. The molecule has 2 fully saturated rings. The van der Waals surface area contributed by atoms with Crippen molar-refractivity contribution in [2.24, 2.45) is 5.41 Å². The zero-order valence-electron chi connectivity index (χ0n) is 19.3. The summed E-state index contributed by atoms with van der Waals surface area (Å²) in [5.74, 6) is 0.798. The highest BCUT2D eigenvalue weighted by molar-refractivity contribution is 5.66. The van der Waals surface area contributed by atoms with Gasteiger partial charge in [0.25, 0.3) is 0 Å². The lowest BCUT2D eigenvalue weighted by molar-refractivity contribution is 0.161. The van der Waals surface area contributed by atoms with Gasteiger partial charge in [-0.3, -0.25) is 0 Å². The summed E-state index contributed by atoms with van der Waals surface area (Å²) in [6, 6.07) is 6.91. The molecule has 0 amide bonds. The van der Waals surface area contributed by atoms with Crippen molar-refractivity contribution in [2.75, 3.05) is 30.9 Å². The molecule has 4 rings (SSSR count). The van der Waals surface area contributed by atoms with Crippen molar-refractivity contribution in [3.8, 4) is 17.3 Å². The molecule has 0 spiro atoms. The number of pyridine rings is 1. The van der Waals surface area contributed by atoms with Crippen molar-refractivity contribution in [1.29, 1.82) is 5.26 Å². The summed E-state index contributed by atoms with van der Waals surface area (Å²) in [6.45, 7) is 3.38. The van der Waals surface area contributed by atoms with Gasteiger partial charge in [0.1, 0.15) is 18.0 Å². The second kappa shape index (κ2) is 10.4. The van der Waals surface area contributed by atoms with Crippen molar-refractivity contribution >= 4 is 11.6 Å². The Morgan fingerprint density at radius 3 is 2.61 bits per heavy atom. The molecule has 176 valence electrons. The summed E-state index contributed by atoms with van der Waals surface area (Å²) in [4.78, 5) is 12.7. The Morgan fingerprint density at radius 1 is 1.15 bits per heavy atom. The van der Waals surface area contributed by atoms with Crippen molar-refractivity contribution in [1.82, 2.24) is 20.3 Å². The number of rotatable bonds is 10. The average molecular weight is 454 g/mol. The Bertz CT molecular complexity index is 983. The fourth-order valence-electron chi connectivity index (χ4n) is 4.37. The van der Waals surface area contributed by atoms with Crippen molar-refractivity contribution < 1.29 is 9.13 Å². The van der Waals surface area contributed by atoms with Crippen LogP contribution in [0.2, 0.25) is 0 Å². The van der Waals surface area contributed by atoms with E-state index in [-0.39, 0.29) is 5.41 Å². The Labute approximate surface area is 194 Å². The van der Waals surface area contributed by atoms with E-state index in [1.54, 1.807) is 19.2 Å². The van der Waals surface area contributed by atoms with Crippen molar-refractivity contribution in [3.05, 3.63) is 30.5 Å². The van der Waals surface area contributed by atoms with Gasteiger partial charge in [-0.15, -0.1) is 0 Å². The second-order valence-corrected chi connectivity index (χ2v) is 9.30. The Balaban J connectivity index is 1.37. The summed E-state index contributed by atoms with van der Waals surface area (Å²) in [5.41, 5.74) is 0.570. The number of nitrogens with zero attached hydrogens (tertiary/aromatic N) is 4. The lowest BCUT2D eigenvalue weighted by Crippen LogP contribution is -2.42. The predicted molar refractivity (Wildman–Crippen MR) is 125 cm³/mol. The highest BCUT2D eigenvalue weighted by Crippen LogP contribution is 2.44. The first-order chi connectivity index (χ1) is 16.0. The number of nitrogens with one attached hydrogen (secondary N) is 3. The standard InChI is InChI=1S/C24H32FN7O/c1-16(12-33-2)31-17-3-5-18(6-4-17)32-23-9-19(20(25)11-27-23)21-10-22(30-15-29-21)28-14-24(13-26)7-8-24/h9-11,15-18,31H,3-8,12,14H2,1-2H3,(H,27,32)(H,28,29,30)/t16-,17?,18?/m1/s1. The molecule has 33 heavy (non-hydrogen) atoms. The van der Waals surface area contributed by atoms with Crippen LogP contribution in [0.25, 0.3) is 11.3 Å². The monoisotopic (exact) mass is 453 g/mol. The van der Waals surface area contributed by atoms with Crippen molar-refractivity contribution in [2.45, 2.75) is 63.6 Å². The van der Waals surface area contributed by atoms with Gasteiger partial charge in [-0.1, -0.05) is 0 Å². The smallest absolute Gasteiger partial charge is 0.151 e. The minimum absolute atomic E-state index is 0.291. The van der Waals surface area contributed by atoms with E-state index in [1.165, 1.54) is 12.5 Å². The van der Waals surface area contributed by atoms with Crippen LogP contribution in [0.3, 0.4) is 0 Å². The van der Waals surface area contributed by atoms with E-state index in [0.717, 1.165) is 38.5 Å². The van der Waals surface area contributed by atoms with E-state index in [2.05, 4.69) is 43.9 Å². The van der Waals surface area contributed by atoms with Gasteiger partial charge in [0, 0.05) is 43.4 Å². The molecule has 2 aromatic heterocycles. The normalized spacial score (nSPS) is 22.2. The fraction of sp³-hybridized carbons (Fsp3) is 0.583. The molecule has 8 nitrogen and oxygen atoms in total. The first-order valence-corrected chi connectivity index (χ1v) is 11.6. The Hall–Kier alpha value is -2.83. The molecule has 2 saturated carbocycles. The third-order valence-electron chi connectivity index (χ3n) is 6.51. The molecular formula is C24H32FN7O. The lowest BCUT2D eigenvalue weighted by atomic mass is 9.90. The van der Waals surface area contributed by atoms with E-state index in [1.807, 2.05) is 0 Å². The van der Waals surface area contributed by atoms with Gasteiger partial charge in [0.15, 0.2) is 5.82 Å². The number of anilines is 2. The van der Waals surface area contributed by atoms with E-state index in [4.69, 9.17) is 4.74 Å². The SMILES string of the molecule is COC[C@@H](C)NC1CCC(Nc2cc(-c3cc(NCC4(C#N)CC4)ncn3)c(F)cn2)CC1. The quantitative estimate of drug-likeness (QED) is 0.499. The lowest BCUT2D eigenvalue weighted by Gasteiger charge is -2.31. The number of ether oxygens (including phenoxy) is 1. The van der Waals surface area contributed by atoms with Crippen LogP contribution in [0, 0.1) is 22.6 Å². The van der Waals surface area contributed by atoms with E-state index in [0.29, 0.717) is 54.2 Å². The first kappa shape index (κ1) is 23.3. The molecule has 2 aliphatic carbocycles. The first-order valence-electron chi connectivity index (χ1n) is 11.6. The van der Waals surface area contributed by atoms with Gasteiger partial charge in [0.05, 0.1) is 30.0 Å².